The smallest absolute Gasteiger partial charge is 0.266 e. The first-order valence-corrected chi connectivity index (χ1v) is 7.98. The van der Waals surface area contributed by atoms with Crippen LogP contribution in [0.1, 0.15) is 27.3 Å². The number of carbonyl (C=O) groups excluding carboxylic acids is 1. The first-order valence-electron chi connectivity index (χ1n) is 7.98. The molecule has 3 rings (SSSR count). The van der Waals surface area contributed by atoms with E-state index < -0.39 is 23.2 Å². The van der Waals surface area contributed by atoms with Gasteiger partial charge >= 0.3 is 0 Å². The van der Waals surface area contributed by atoms with Crippen LogP contribution in [-0.4, -0.2) is 20.5 Å². The van der Waals surface area contributed by atoms with Gasteiger partial charge in [0.25, 0.3) is 5.56 Å². The van der Waals surface area contributed by atoms with Crippen LogP contribution in [0.5, 0.6) is 0 Å². The Bertz CT molecular complexity index is 1080. The molecule has 0 N–H and O–H groups in total. The van der Waals surface area contributed by atoms with Gasteiger partial charge in [0.15, 0.2) is 17.4 Å². The zero-order valence-corrected chi connectivity index (χ0v) is 14.2. The Hall–Kier alpha value is -3.29. The van der Waals surface area contributed by atoms with E-state index in [0.29, 0.717) is 11.1 Å². The Balaban J connectivity index is 1.76. The highest BCUT2D eigenvalue weighted by Gasteiger charge is 2.15. The molecule has 0 amide bonds. The average molecular weight is 373 g/mol. The van der Waals surface area contributed by atoms with Crippen molar-refractivity contribution in [2.24, 2.45) is 7.05 Å². The summed E-state index contributed by atoms with van der Waals surface area (Å²) in [5.74, 6) is -3.10. The van der Waals surface area contributed by atoms with Gasteiger partial charge in [-0.3, -0.25) is 14.6 Å². The summed E-state index contributed by atoms with van der Waals surface area (Å²) in [4.78, 5) is 27.5. The lowest BCUT2D eigenvalue weighted by Gasteiger charge is -2.06. The SMILES string of the molecule is Cn1nc(C(=O)Cc2ncc(Cc3ccc(F)c(F)c3)cc2F)ccc1=O. The molecule has 0 aliphatic rings. The van der Waals surface area contributed by atoms with E-state index >= 15 is 0 Å². The highest BCUT2D eigenvalue weighted by molar-refractivity contribution is 5.95. The molecule has 0 saturated heterocycles. The molecule has 0 saturated carbocycles. The van der Waals surface area contributed by atoms with Gasteiger partial charge in [-0.1, -0.05) is 6.07 Å². The third-order valence-corrected chi connectivity index (χ3v) is 3.94. The van der Waals surface area contributed by atoms with Crippen LogP contribution in [0, 0.1) is 17.5 Å². The fraction of sp³-hybridized carbons (Fsp3) is 0.158. The third kappa shape index (κ3) is 4.28. The van der Waals surface area contributed by atoms with Gasteiger partial charge in [0, 0.05) is 19.3 Å². The highest BCUT2D eigenvalue weighted by atomic mass is 19.2. The van der Waals surface area contributed by atoms with Crippen LogP contribution in [0.2, 0.25) is 0 Å². The molecule has 0 fully saturated rings. The van der Waals surface area contributed by atoms with Crippen LogP contribution < -0.4 is 5.56 Å². The summed E-state index contributed by atoms with van der Waals surface area (Å²) in [6.45, 7) is 0. The molecular weight excluding hydrogens is 359 g/mol. The first-order chi connectivity index (χ1) is 12.8. The van der Waals surface area contributed by atoms with Gasteiger partial charge < -0.3 is 0 Å². The van der Waals surface area contributed by atoms with Crippen molar-refractivity contribution in [3.05, 3.63) is 92.9 Å². The second kappa shape index (κ2) is 7.53. The number of Topliss-reactive ketones (excluding diaryl/α,β-unsaturated/α-hetero) is 1. The van der Waals surface area contributed by atoms with Crippen molar-refractivity contribution in [1.82, 2.24) is 14.8 Å². The Kier molecular flexibility index (Phi) is 5.16. The molecule has 5 nitrogen and oxygen atoms in total. The van der Waals surface area contributed by atoms with Gasteiger partial charge in [0.2, 0.25) is 0 Å². The molecule has 0 spiro atoms. The van der Waals surface area contributed by atoms with Crippen molar-refractivity contribution in [2.45, 2.75) is 12.8 Å². The minimum absolute atomic E-state index is 0.0316. The van der Waals surface area contributed by atoms with Crippen molar-refractivity contribution in [3.8, 4) is 0 Å². The van der Waals surface area contributed by atoms with Gasteiger partial charge in [-0.05, 0) is 41.8 Å². The zero-order chi connectivity index (χ0) is 19.6. The summed E-state index contributed by atoms with van der Waals surface area (Å²) < 4.78 is 41.5. The number of aryl methyl sites for hydroxylation is 1. The number of hydrogen-bond acceptors (Lipinski definition) is 4. The lowest BCUT2D eigenvalue weighted by molar-refractivity contribution is 0.0983. The van der Waals surface area contributed by atoms with Crippen molar-refractivity contribution in [2.75, 3.05) is 0 Å². The Morgan fingerprint density at radius 2 is 1.74 bits per heavy atom. The summed E-state index contributed by atoms with van der Waals surface area (Å²) in [6.07, 6.45) is 1.22. The van der Waals surface area contributed by atoms with Crippen LogP contribution in [0.25, 0.3) is 0 Å². The van der Waals surface area contributed by atoms with E-state index in [0.717, 1.165) is 16.8 Å². The van der Waals surface area contributed by atoms with E-state index in [2.05, 4.69) is 10.1 Å². The Morgan fingerprint density at radius 1 is 1.00 bits per heavy atom. The second-order valence-corrected chi connectivity index (χ2v) is 5.98. The Labute approximate surface area is 152 Å². The molecule has 138 valence electrons. The Morgan fingerprint density at radius 3 is 2.41 bits per heavy atom. The van der Waals surface area contributed by atoms with Crippen molar-refractivity contribution in [3.63, 3.8) is 0 Å². The number of halogens is 3. The second-order valence-electron chi connectivity index (χ2n) is 5.98. The van der Waals surface area contributed by atoms with Crippen LogP contribution >= 0.6 is 0 Å². The summed E-state index contributed by atoms with van der Waals surface area (Å²) in [7, 11) is 1.41. The molecule has 8 heteroatoms. The van der Waals surface area contributed by atoms with Gasteiger partial charge in [-0.15, -0.1) is 0 Å². The molecule has 0 bridgehead atoms. The largest absolute Gasteiger partial charge is 0.292 e. The minimum Gasteiger partial charge on any atom is -0.292 e. The number of aromatic nitrogens is 3. The number of benzene rings is 1. The molecule has 2 heterocycles. The van der Waals surface area contributed by atoms with Crippen molar-refractivity contribution < 1.29 is 18.0 Å². The molecule has 2 aromatic heterocycles. The van der Waals surface area contributed by atoms with Gasteiger partial charge in [-0.25, -0.2) is 17.9 Å². The number of ketones is 1. The maximum atomic E-state index is 14.3. The maximum absolute atomic E-state index is 14.3. The maximum Gasteiger partial charge on any atom is 0.266 e. The number of nitrogens with zero attached hydrogens (tertiary/aromatic N) is 3. The quantitative estimate of drug-likeness (QED) is 0.645. The number of hydrogen-bond donors (Lipinski definition) is 0. The predicted molar refractivity (Wildman–Crippen MR) is 90.9 cm³/mol. The standard InChI is InChI=1S/C19H14F3N3O2/c1-25-19(27)5-4-16(24-25)18(26)9-17-15(22)8-12(10-23-17)6-11-2-3-13(20)14(21)7-11/h2-5,7-8,10H,6,9H2,1H3. The van der Waals surface area contributed by atoms with E-state index in [1.165, 1.54) is 37.5 Å². The van der Waals surface area contributed by atoms with Crippen molar-refractivity contribution >= 4 is 5.78 Å². The number of carbonyl (C=O) groups is 1. The van der Waals surface area contributed by atoms with E-state index in [1.54, 1.807) is 0 Å². The average Bonchev–Trinajstić information content (AvgIpc) is 2.63. The predicted octanol–water partition coefficient (Wildman–Crippen LogP) is 2.61. The van der Waals surface area contributed by atoms with Crippen molar-refractivity contribution in [1.29, 1.82) is 0 Å². The van der Waals surface area contributed by atoms with Gasteiger partial charge in [0.05, 0.1) is 12.1 Å². The fourth-order valence-electron chi connectivity index (χ4n) is 2.51. The zero-order valence-electron chi connectivity index (χ0n) is 14.2. The van der Waals surface area contributed by atoms with Crippen LogP contribution in [0.4, 0.5) is 13.2 Å². The van der Waals surface area contributed by atoms with E-state index in [1.807, 2.05) is 0 Å². The molecule has 0 aliphatic carbocycles. The van der Waals surface area contributed by atoms with E-state index in [-0.39, 0.29) is 29.8 Å². The fourth-order valence-corrected chi connectivity index (χ4v) is 2.51. The summed E-state index contributed by atoms with van der Waals surface area (Å²) in [5.41, 5.74) is 0.523. The molecule has 0 radical (unpaired) electrons. The topological polar surface area (TPSA) is 64.8 Å². The molecule has 0 atom stereocenters. The highest BCUT2D eigenvalue weighted by Crippen LogP contribution is 2.16. The molecule has 0 aliphatic heterocycles. The lowest BCUT2D eigenvalue weighted by atomic mass is 10.0. The van der Waals surface area contributed by atoms with Gasteiger partial charge in [-0.2, -0.15) is 5.10 Å². The molecular formula is C19H14F3N3O2. The normalized spacial score (nSPS) is 10.8. The van der Waals surface area contributed by atoms with Crippen LogP contribution in [-0.2, 0) is 19.9 Å². The molecule has 1 aromatic carbocycles. The van der Waals surface area contributed by atoms with E-state index in [4.69, 9.17) is 0 Å². The van der Waals surface area contributed by atoms with Crippen LogP contribution in [0.15, 0.2) is 47.4 Å². The molecule has 27 heavy (non-hydrogen) atoms. The molecule has 0 unspecified atom stereocenters. The number of pyridine rings is 1. The van der Waals surface area contributed by atoms with Crippen LogP contribution in [0.3, 0.4) is 0 Å². The summed E-state index contributed by atoms with van der Waals surface area (Å²) in [5, 5.41) is 3.83. The minimum atomic E-state index is -0.979. The van der Waals surface area contributed by atoms with Gasteiger partial charge in [0.1, 0.15) is 11.5 Å². The molecule has 3 aromatic rings. The summed E-state index contributed by atoms with van der Waals surface area (Å²) in [6, 6.07) is 7.12. The summed E-state index contributed by atoms with van der Waals surface area (Å²) >= 11 is 0. The first kappa shape index (κ1) is 18.5. The lowest BCUT2D eigenvalue weighted by Crippen LogP contribution is -2.22. The number of rotatable bonds is 5. The monoisotopic (exact) mass is 373 g/mol. The van der Waals surface area contributed by atoms with E-state index in [9.17, 15) is 22.8 Å². The third-order valence-electron chi connectivity index (χ3n) is 3.94.